The molecule has 1 amide bonds. The summed E-state index contributed by atoms with van der Waals surface area (Å²) in [6.45, 7) is 8.01. The first-order chi connectivity index (χ1) is 14.7. The number of aliphatic imine (C=N–C) groups is 1. The number of nitrogens with zero attached hydrogens (tertiary/aromatic N) is 4. The van der Waals surface area contributed by atoms with Crippen molar-refractivity contribution in [1.82, 2.24) is 20.1 Å². The molecule has 0 unspecified atom stereocenters. The van der Waals surface area contributed by atoms with Gasteiger partial charge in [0, 0.05) is 12.7 Å². The van der Waals surface area contributed by atoms with Gasteiger partial charge in [-0.1, -0.05) is 44.5 Å². The van der Waals surface area contributed by atoms with Crippen LogP contribution in [0.2, 0.25) is 5.02 Å². The molecular formula is C22H27ClN6O. The second-order valence-corrected chi connectivity index (χ2v) is 6.94. The van der Waals surface area contributed by atoms with Crippen molar-refractivity contribution in [1.29, 1.82) is 0 Å². The van der Waals surface area contributed by atoms with Crippen LogP contribution in [0.3, 0.4) is 0 Å². The van der Waals surface area contributed by atoms with Crippen LogP contribution in [0.5, 0.6) is 0 Å². The number of halogens is 1. The van der Waals surface area contributed by atoms with Crippen LogP contribution in [-0.4, -0.2) is 34.7 Å². The molecule has 0 fully saturated rings. The third-order valence-corrected chi connectivity index (χ3v) is 4.89. The second kappa shape index (κ2) is 10.1. The molecule has 1 aliphatic heterocycles. The van der Waals surface area contributed by atoms with Gasteiger partial charge in [0.1, 0.15) is 17.7 Å². The van der Waals surface area contributed by atoms with E-state index in [4.69, 9.17) is 11.6 Å². The Kier molecular flexibility index (Phi) is 7.30. The Morgan fingerprint density at radius 2 is 1.97 bits per heavy atom. The minimum absolute atomic E-state index is 0.162. The highest BCUT2D eigenvalue weighted by molar-refractivity contribution is 6.30. The predicted octanol–water partition coefficient (Wildman–Crippen LogP) is 3.86. The zero-order valence-electron chi connectivity index (χ0n) is 17.5. The fourth-order valence-electron chi connectivity index (χ4n) is 3.22. The van der Waals surface area contributed by atoms with E-state index >= 15 is 0 Å². The van der Waals surface area contributed by atoms with E-state index in [9.17, 15) is 4.79 Å². The molecule has 1 aliphatic rings. The average Bonchev–Trinajstić information content (AvgIpc) is 3.17. The van der Waals surface area contributed by atoms with Crippen molar-refractivity contribution >= 4 is 35.2 Å². The Bertz CT molecular complexity index is 1030. The highest BCUT2D eigenvalue weighted by atomic mass is 35.5. The first-order valence-corrected chi connectivity index (χ1v) is 10.6. The zero-order chi connectivity index (χ0) is 21.5. The Hall–Kier alpha value is -3.06. The lowest BCUT2D eigenvalue weighted by molar-refractivity contribution is 0.0944. The first-order valence-electron chi connectivity index (χ1n) is 10.2. The lowest BCUT2D eigenvalue weighted by atomic mass is 10.2. The summed E-state index contributed by atoms with van der Waals surface area (Å²) in [5.74, 6) is -0.162. The number of benzene rings is 1. The number of pyridine rings is 1. The van der Waals surface area contributed by atoms with Crippen molar-refractivity contribution in [3.8, 4) is 0 Å². The fourth-order valence-corrected chi connectivity index (χ4v) is 3.38. The monoisotopic (exact) mass is 426 g/mol. The molecule has 0 aliphatic carbocycles. The van der Waals surface area contributed by atoms with Crippen LogP contribution in [0.25, 0.3) is 5.65 Å². The van der Waals surface area contributed by atoms with Gasteiger partial charge in [0.15, 0.2) is 0 Å². The number of carbonyl (C=O) groups excluding carboxylic acids is 1. The highest BCUT2D eigenvalue weighted by Gasteiger charge is 2.18. The number of imidazole rings is 1. The molecule has 7 nitrogen and oxygen atoms in total. The van der Waals surface area contributed by atoms with Gasteiger partial charge in [0.05, 0.1) is 29.5 Å². The van der Waals surface area contributed by atoms with Gasteiger partial charge in [-0.05, 0) is 36.2 Å². The molecule has 8 heteroatoms. The third kappa shape index (κ3) is 4.74. The number of anilines is 1. The van der Waals surface area contributed by atoms with E-state index in [-0.39, 0.29) is 5.91 Å². The SMILES string of the molecule is CC.CCc1nc2ccc(Cl)cn2c1C(=O)NCc1ccc(N2CCN=CN2)cc1. The maximum atomic E-state index is 12.9. The molecule has 0 spiro atoms. The van der Waals surface area contributed by atoms with E-state index in [1.807, 2.05) is 56.1 Å². The van der Waals surface area contributed by atoms with Crippen LogP contribution >= 0.6 is 11.6 Å². The number of rotatable bonds is 5. The average molecular weight is 427 g/mol. The number of amides is 1. The summed E-state index contributed by atoms with van der Waals surface area (Å²) in [6, 6.07) is 11.7. The molecule has 3 aromatic rings. The van der Waals surface area contributed by atoms with Crippen LogP contribution in [0.1, 0.15) is 42.5 Å². The maximum absolute atomic E-state index is 12.9. The van der Waals surface area contributed by atoms with Crippen molar-refractivity contribution in [2.24, 2.45) is 4.99 Å². The van der Waals surface area contributed by atoms with Crippen molar-refractivity contribution in [2.45, 2.75) is 33.7 Å². The Morgan fingerprint density at radius 1 is 1.20 bits per heavy atom. The van der Waals surface area contributed by atoms with E-state index in [2.05, 4.69) is 20.7 Å². The zero-order valence-corrected chi connectivity index (χ0v) is 18.3. The van der Waals surface area contributed by atoms with Crippen LogP contribution < -0.4 is 15.8 Å². The minimum atomic E-state index is -0.162. The molecule has 2 aromatic heterocycles. The molecule has 30 heavy (non-hydrogen) atoms. The van der Waals surface area contributed by atoms with Crippen LogP contribution in [-0.2, 0) is 13.0 Å². The molecular weight excluding hydrogens is 400 g/mol. The number of hydrazine groups is 1. The number of aryl methyl sites for hydroxylation is 1. The molecule has 0 bridgehead atoms. The summed E-state index contributed by atoms with van der Waals surface area (Å²) in [5.41, 5.74) is 7.20. The summed E-state index contributed by atoms with van der Waals surface area (Å²) < 4.78 is 1.75. The van der Waals surface area contributed by atoms with Gasteiger partial charge in [0.2, 0.25) is 0 Å². The number of hydrogen-bond donors (Lipinski definition) is 2. The topological polar surface area (TPSA) is 74.0 Å². The summed E-state index contributed by atoms with van der Waals surface area (Å²) in [4.78, 5) is 21.5. The molecule has 158 valence electrons. The molecule has 0 saturated carbocycles. The van der Waals surface area contributed by atoms with E-state index in [1.165, 1.54) is 0 Å². The van der Waals surface area contributed by atoms with Crippen molar-refractivity contribution in [2.75, 3.05) is 18.1 Å². The minimum Gasteiger partial charge on any atom is -0.347 e. The number of nitrogens with one attached hydrogen (secondary N) is 2. The molecule has 2 N–H and O–H groups in total. The highest BCUT2D eigenvalue weighted by Crippen LogP contribution is 2.18. The van der Waals surface area contributed by atoms with E-state index < -0.39 is 0 Å². The van der Waals surface area contributed by atoms with E-state index in [1.54, 1.807) is 23.0 Å². The third-order valence-electron chi connectivity index (χ3n) is 4.66. The fraction of sp³-hybridized carbons (Fsp3) is 0.318. The number of fused-ring (bicyclic) bond motifs is 1. The smallest absolute Gasteiger partial charge is 0.270 e. The lowest BCUT2D eigenvalue weighted by Gasteiger charge is -2.26. The van der Waals surface area contributed by atoms with Gasteiger partial charge in [-0.3, -0.25) is 24.6 Å². The van der Waals surface area contributed by atoms with E-state index in [0.717, 1.165) is 30.0 Å². The Morgan fingerprint density at radius 3 is 2.63 bits per heavy atom. The second-order valence-electron chi connectivity index (χ2n) is 6.50. The predicted molar refractivity (Wildman–Crippen MR) is 122 cm³/mol. The van der Waals surface area contributed by atoms with Crippen LogP contribution in [0.15, 0.2) is 47.6 Å². The number of carbonyl (C=O) groups is 1. The number of hydrogen-bond acceptors (Lipinski definition) is 5. The first kappa shape index (κ1) is 21.6. The normalized spacial score (nSPS) is 12.9. The number of aromatic nitrogens is 2. The molecule has 3 heterocycles. The maximum Gasteiger partial charge on any atom is 0.270 e. The Balaban J connectivity index is 0.00000124. The summed E-state index contributed by atoms with van der Waals surface area (Å²) in [6.07, 6.45) is 4.09. The van der Waals surface area contributed by atoms with Crippen molar-refractivity contribution in [3.63, 3.8) is 0 Å². The van der Waals surface area contributed by atoms with Gasteiger partial charge in [-0.15, -0.1) is 0 Å². The lowest BCUT2D eigenvalue weighted by Crippen LogP contribution is -2.42. The molecule has 0 saturated heterocycles. The van der Waals surface area contributed by atoms with Gasteiger partial charge < -0.3 is 5.32 Å². The summed E-state index contributed by atoms with van der Waals surface area (Å²) in [7, 11) is 0. The standard InChI is InChI=1S/C20H21ClN6O.C2H6/c1-2-17-19(26-12-15(21)5-8-18(26)25-17)20(28)23-11-14-3-6-16(7-4-14)27-10-9-22-13-24-27;1-2/h3-8,12-13H,2,9-11H2,1H3,(H,22,24)(H,23,28);1-2H3. The largest absolute Gasteiger partial charge is 0.347 e. The molecule has 0 radical (unpaired) electrons. The van der Waals surface area contributed by atoms with Crippen LogP contribution in [0, 0.1) is 0 Å². The van der Waals surface area contributed by atoms with Crippen molar-refractivity contribution < 1.29 is 4.79 Å². The molecule has 4 rings (SSSR count). The van der Waals surface area contributed by atoms with Crippen molar-refractivity contribution in [3.05, 3.63) is 64.6 Å². The molecule has 0 atom stereocenters. The van der Waals surface area contributed by atoms with Crippen LogP contribution in [0.4, 0.5) is 5.69 Å². The van der Waals surface area contributed by atoms with Gasteiger partial charge in [-0.2, -0.15) is 0 Å². The molecule has 1 aromatic carbocycles. The summed E-state index contributed by atoms with van der Waals surface area (Å²) in [5, 5.41) is 5.59. The van der Waals surface area contributed by atoms with Gasteiger partial charge >= 0.3 is 0 Å². The van der Waals surface area contributed by atoms with E-state index in [0.29, 0.717) is 29.3 Å². The Labute approximate surface area is 181 Å². The van der Waals surface area contributed by atoms with Gasteiger partial charge in [0.25, 0.3) is 5.91 Å². The quantitative estimate of drug-likeness (QED) is 0.649. The summed E-state index contributed by atoms with van der Waals surface area (Å²) >= 11 is 6.10. The van der Waals surface area contributed by atoms with Gasteiger partial charge in [-0.25, -0.2) is 4.98 Å².